The highest BCUT2D eigenvalue weighted by Gasteiger charge is 2.15. The Labute approximate surface area is 120 Å². The van der Waals surface area contributed by atoms with Gasteiger partial charge in [-0.1, -0.05) is 36.7 Å². The fourth-order valence-corrected chi connectivity index (χ4v) is 3.42. The largest absolute Gasteiger partial charge is 0.353 e. The van der Waals surface area contributed by atoms with Gasteiger partial charge in [-0.2, -0.15) is 0 Å². The number of carbonyl (C=O) groups is 1. The van der Waals surface area contributed by atoms with Gasteiger partial charge >= 0.3 is 0 Å². The lowest BCUT2D eigenvalue weighted by Gasteiger charge is -1.97. The van der Waals surface area contributed by atoms with Crippen molar-refractivity contribution in [1.29, 1.82) is 0 Å². The molecule has 0 radical (unpaired) electrons. The van der Waals surface area contributed by atoms with Crippen molar-refractivity contribution in [1.82, 2.24) is 4.98 Å². The Morgan fingerprint density at radius 1 is 1.32 bits per heavy atom. The van der Waals surface area contributed by atoms with Gasteiger partial charge in [-0.15, -0.1) is 11.3 Å². The quantitative estimate of drug-likeness (QED) is 0.682. The van der Waals surface area contributed by atoms with Crippen molar-refractivity contribution in [3.8, 4) is 10.6 Å². The summed E-state index contributed by atoms with van der Waals surface area (Å²) in [6.07, 6.45) is 1.85. The predicted molar refractivity (Wildman–Crippen MR) is 81.4 cm³/mol. The molecule has 0 fully saturated rings. The summed E-state index contributed by atoms with van der Waals surface area (Å²) in [6.45, 7) is 2.11. The average Bonchev–Trinajstić information content (AvgIpc) is 3.00. The van der Waals surface area contributed by atoms with Crippen molar-refractivity contribution in [2.75, 3.05) is 0 Å². The molecule has 1 aromatic carbocycles. The maximum Gasteiger partial charge on any atom is 0.152 e. The number of aldehydes is 1. The van der Waals surface area contributed by atoms with Crippen LogP contribution in [0.5, 0.6) is 0 Å². The number of rotatable bonds is 3. The third-order valence-electron chi connectivity index (χ3n) is 3.28. The molecule has 0 saturated carbocycles. The molecule has 0 aliphatic heterocycles. The number of thiophene rings is 1. The molecule has 0 spiro atoms. The van der Waals surface area contributed by atoms with Gasteiger partial charge in [0.2, 0.25) is 0 Å². The van der Waals surface area contributed by atoms with E-state index in [9.17, 15) is 4.79 Å². The van der Waals surface area contributed by atoms with Crippen LogP contribution in [0.25, 0.3) is 21.5 Å². The summed E-state index contributed by atoms with van der Waals surface area (Å²) in [5.74, 6) is 0. The zero-order valence-electron chi connectivity index (χ0n) is 10.4. The molecule has 2 aromatic heterocycles. The number of hydrogen-bond acceptors (Lipinski definition) is 2. The highest BCUT2D eigenvalue weighted by molar-refractivity contribution is 7.19. The van der Waals surface area contributed by atoms with Crippen LogP contribution in [0.2, 0.25) is 4.34 Å². The Morgan fingerprint density at radius 2 is 2.16 bits per heavy atom. The monoisotopic (exact) mass is 289 g/mol. The third kappa shape index (κ3) is 1.99. The highest BCUT2D eigenvalue weighted by Crippen LogP contribution is 2.36. The van der Waals surface area contributed by atoms with Crippen molar-refractivity contribution < 1.29 is 4.79 Å². The van der Waals surface area contributed by atoms with Crippen LogP contribution in [0.3, 0.4) is 0 Å². The van der Waals surface area contributed by atoms with Gasteiger partial charge in [0.1, 0.15) is 0 Å². The standard InChI is InChI=1S/C15H12ClNOS/c1-2-9-4-3-5-10-11(8-18)15(17-14(9)10)12-6-7-13(16)19-12/h3-8,17H,2H2,1H3. The molecular formula is C15H12ClNOS. The SMILES string of the molecule is CCc1cccc2c(C=O)c(-c3ccc(Cl)s3)[nH]c12. The summed E-state index contributed by atoms with van der Waals surface area (Å²) in [5.41, 5.74) is 3.84. The smallest absolute Gasteiger partial charge is 0.152 e. The summed E-state index contributed by atoms with van der Waals surface area (Å²) in [5, 5.41) is 0.980. The third-order valence-corrected chi connectivity index (χ3v) is 4.53. The number of aryl methyl sites for hydroxylation is 1. The fraction of sp³-hybridized carbons (Fsp3) is 0.133. The van der Waals surface area contributed by atoms with Gasteiger partial charge in [-0.25, -0.2) is 0 Å². The number of H-pyrrole nitrogens is 1. The van der Waals surface area contributed by atoms with E-state index in [0.29, 0.717) is 5.56 Å². The summed E-state index contributed by atoms with van der Waals surface area (Å²) < 4.78 is 0.723. The van der Waals surface area contributed by atoms with Crippen molar-refractivity contribution >= 4 is 40.1 Å². The summed E-state index contributed by atoms with van der Waals surface area (Å²) in [6, 6.07) is 9.85. The minimum Gasteiger partial charge on any atom is -0.353 e. The Balaban J connectivity index is 2.33. The summed E-state index contributed by atoms with van der Waals surface area (Å²) in [7, 11) is 0. The van der Waals surface area contributed by atoms with Crippen molar-refractivity contribution in [2.24, 2.45) is 0 Å². The van der Waals surface area contributed by atoms with E-state index in [1.165, 1.54) is 16.9 Å². The van der Waals surface area contributed by atoms with Crippen LogP contribution in [0.15, 0.2) is 30.3 Å². The molecule has 3 rings (SSSR count). The van der Waals surface area contributed by atoms with E-state index in [-0.39, 0.29) is 0 Å². The topological polar surface area (TPSA) is 32.9 Å². The van der Waals surface area contributed by atoms with E-state index < -0.39 is 0 Å². The first-order valence-corrected chi connectivity index (χ1v) is 7.28. The molecule has 96 valence electrons. The lowest BCUT2D eigenvalue weighted by molar-refractivity contribution is 0.112. The van der Waals surface area contributed by atoms with E-state index in [1.807, 2.05) is 24.3 Å². The minimum atomic E-state index is 0.712. The number of aromatic amines is 1. The number of aromatic nitrogens is 1. The summed E-state index contributed by atoms with van der Waals surface area (Å²) in [4.78, 5) is 15.8. The van der Waals surface area contributed by atoms with Crippen LogP contribution in [0, 0.1) is 0 Å². The van der Waals surface area contributed by atoms with Crippen LogP contribution in [-0.2, 0) is 6.42 Å². The van der Waals surface area contributed by atoms with Crippen molar-refractivity contribution in [3.05, 3.63) is 45.8 Å². The summed E-state index contributed by atoms with van der Waals surface area (Å²) >= 11 is 7.45. The molecule has 0 atom stereocenters. The van der Waals surface area contributed by atoms with Crippen LogP contribution in [0.4, 0.5) is 0 Å². The van der Waals surface area contributed by atoms with Crippen molar-refractivity contribution in [3.63, 3.8) is 0 Å². The molecule has 0 saturated heterocycles. The van der Waals surface area contributed by atoms with Gasteiger partial charge in [0.15, 0.2) is 6.29 Å². The number of hydrogen-bond donors (Lipinski definition) is 1. The zero-order valence-corrected chi connectivity index (χ0v) is 11.9. The normalized spacial score (nSPS) is 11.1. The molecule has 1 N–H and O–H groups in total. The van der Waals surface area contributed by atoms with Crippen LogP contribution < -0.4 is 0 Å². The average molecular weight is 290 g/mol. The van der Waals surface area contributed by atoms with E-state index in [0.717, 1.165) is 38.5 Å². The van der Waals surface area contributed by atoms with Gasteiger partial charge in [-0.3, -0.25) is 4.79 Å². The molecule has 0 unspecified atom stereocenters. The second-order valence-corrected chi connectivity index (χ2v) is 6.04. The van der Waals surface area contributed by atoms with Crippen molar-refractivity contribution in [2.45, 2.75) is 13.3 Å². The number of benzene rings is 1. The number of nitrogens with one attached hydrogen (secondary N) is 1. The predicted octanol–water partition coefficient (Wildman–Crippen LogP) is 4.92. The van der Waals surface area contributed by atoms with E-state index in [1.54, 1.807) is 0 Å². The van der Waals surface area contributed by atoms with Gasteiger partial charge < -0.3 is 4.98 Å². The first-order valence-electron chi connectivity index (χ1n) is 6.09. The Hall–Kier alpha value is -1.58. The zero-order chi connectivity index (χ0) is 13.4. The minimum absolute atomic E-state index is 0.712. The number of halogens is 1. The van der Waals surface area contributed by atoms with Crippen LogP contribution in [-0.4, -0.2) is 11.3 Å². The lowest BCUT2D eigenvalue weighted by Crippen LogP contribution is -1.82. The maximum absolute atomic E-state index is 11.4. The molecule has 0 aliphatic carbocycles. The van der Waals surface area contributed by atoms with Gasteiger partial charge in [0.25, 0.3) is 0 Å². The molecule has 4 heteroatoms. The first-order chi connectivity index (χ1) is 9.24. The molecular weight excluding hydrogens is 278 g/mol. The molecule has 0 amide bonds. The van der Waals surface area contributed by atoms with Gasteiger partial charge in [0.05, 0.1) is 14.9 Å². The molecule has 2 heterocycles. The molecule has 19 heavy (non-hydrogen) atoms. The van der Waals surface area contributed by atoms with Gasteiger partial charge in [0, 0.05) is 16.5 Å². The Kier molecular flexibility index (Phi) is 3.17. The first kappa shape index (κ1) is 12.5. The number of para-hydroxylation sites is 1. The second kappa shape index (κ2) is 4.83. The van der Waals surface area contributed by atoms with Crippen LogP contribution >= 0.6 is 22.9 Å². The van der Waals surface area contributed by atoms with Crippen LogP contribution in [0.1, 0.15) is 22.8 Å². The second-order valence-electron chi connectivity index (χ2n) is 4.33. The maximum atomic E-state index is 11.4. The van der Waals surface area contributed by atoms with E-state index in [2.05, 4.69) is 18.0 Å². The highest BCUT2D eigenvalue weighted by atomic mass is 35.5. The Bertz CT molecular complexity index is 757. The van der Waals surface area contributed by atoms with Gasteiger partial charge in [-0.05, 0) is 24.1 Å². The lowest BCUT2D eigenvalue weighted by atomic mass is 10.1. The molecule has 2 nitrogen and oxygen atoms in total. The number of carbonyl (C=O) groups excluding carboxylic acids is 1. The molecule has 3 aromatic rings. The Morgan fingerprint density at radius 3 is 2.79 bits per heavy atom. The van der Waals surface area contributed by atoms with E-state index >= 15 is 0 Å². The molecule has 0 aliphatic rings. The molecule has 0 bridgehead atoms. The van der Waals surface area contributed by atoms with E-state index in [4.69, 9.17) is 11.6 Å². The number of fused-ring (bicyclic) bond motifs is 1. The fourth-order valence-electron chi connectivity index (χ4n) is 2.36.